The van der Waals surface area contributed by atoms with Gasteiger partial charge in [0.2, 0.25) is 0 Å². The lowest BCUT2D eigenvalue weighted by atomic mass is 9.94. The highest BCUT2D eigenvalue weighted by atomic mass is 35.5. The summed E-state index contributed by atoms with van der Waals surface area (Å²) in [6, 6.07) is 9.33. The van der Waals surface area contributed by atoms with E-state index in [9.17, 15) is 4.79 Å². The Kier molecular flexibility index (Phi) is 7.70. The number of nitrogens with one attached hydrogen (secondary N) is 1. The fourth-order valence-electron chi connectivity index (χ4n) is 4.75. The lowest BCUT2D eigenvalue weighted by Crippen LogP contribution is -2.41. The molecule has 2 aromatic carbocycles. The Balaban J connectivity index is 1.25. The molecule has 0 bridgehead atoms. The zero-order chi connectivity index (χ0) is 27.6. The van der Waals surface area contributed by atoms with Crippen LogP contribution >= 0.6 is 11.6 Å². The van der Waals surface area contributed by atoms with Crippen LogP contribution in [0, 0.1) is 5.92 Å². The molecule has 3 heterocycles. The van der Waals surface area contributed by atoms with E-state index in [-0.39, 0.29) is 6.09 Å². The number of halogens is 1. The van der Waals surface area contributed by atoms with Crippen molar-refractivity contribution >= 4 is 51.1 Å². The average Bonchev–Trinajstić information content (AvgIpc) is 3.38. The predicted octanol–water partition coefficient (Wildman–Crippen LogP) is 7.20. The number of carbonyl (C=O) groups excluding carboxylic acids is 1. The largest absolute Gasteiger partial charge is 0.493 e. The van der Waals surface area contributed by atoms with E-state index in [1.807, 2.05) is 51.1 Å². The number of likely N-dealkylation sites (tertiary alicyclic amines) is 1. The third-order valence-electron chi connectivity index (χ3n) is 6.78. The molecule has 9 nitrogen and oxygen atoms in total. The van der Waals surface area contributed by atoms with Gasteiger partial charge in [0.25, 0.3) is 0 Å². The number of furan rings is 1. The molecule has 0 saturated carbocycles. The van der Waals surface area contributed by atoms with Crippen LogP contribution < -0.4 is 14.8 Å². The number of amides is 1. The van der Waals surface area contributed by atoms with Crippen molar-refractivity contribution < 1.29 is 23.4 Å². The first-order valence-electron chi connectivity index (χ1n) is 13.1. The molecule has 0 atom stereocenters. The highest BCUT2D eigenvalue weighted by Gasteiger charge is 2.27. The number of hydrogen-bond acceptors (Lipinski definition) is 8. The first-order chi connectivity index (χ1) is 18.7. The van der Waals surface area contributed by atoms with Crippen molar-refractivity contribution in [2.24, 2.45) is 5.92 Å². The molecule has 1 aliphatic rings. The van der Waals surface area contributed by atoms with Gasteiger partial charge < -0.3 is 28.8 Å². The van der Waals surface area contributed by atoms with Crippen molar-refractivity contribution in [3.63, 3.8) is 0 Å². The van der Waals surface area contributed by atoms with Crippen LogP contribution in [0.1, 0.15) is 40.0 Å². The summed E-state index contributed by atoms with van der Waals surface area (Å²) in [4.78, 5) is 23.0. The van der Waals surface area contributed by atoms with E-state index in [1.165, 1.54) is 6.33 Å². The van der Waals surface area contributed by atoms with Crippen LogP contribution in [0.3, 0.4) is 0 Å². The first-order valence-corrected chi connectivity index (χ1v) is 13.5. The molecule has 1 aliphatic heterocycles. The quantitative estimate of drug-likeness (QED) is 0.257. The maximum atomic E-state index is 12.3. The Morgan fingerprint density at radius 1 is 1.15 bits per heavy atom. The van der Waals surface area contributed by atoms with Gasteiger partial charge in [-0.25, -0.2) is 14.8 Å². The minimum Gasteiger partial charge on any atom is -0.493 e. The van der Waals surface area contributed by atoms with Crippen molar-refractivity contribution in [3.05, 3.63) is 47.9 Å². The van der Waals surface area contributed by atoms with Gasteiger partial charge in [-0.15, -0.1) is 0 Å². The van der Waals surface area contributed by atoms with E-state index < -0.39 is 5.60 Å². The molecule has 0 aliphatic carbocycles. The number of rotatable bonds is 7. The van der Waals surface area contributed by atoms with Crippen LogP contribution in [0.4, 0.5) is 16.3 Å². The summed E-state index contributed by atoms with van der Waals surface area (Å²) in [5.74, 6) is 2.25. The van der Waals surface area contributed by atoms with Crippen molar-refractivity contribution in [1.29, 1.82) is 0 Å². The molecule has 0 unspecified atom stereocenters. The summed E-state index contributed by atoms with van der Waals surface area (Å²) >= 11 is 6.48. The summed E-state index contributed by atoms with van der Waals surface area (Å²) in [6.45, 7) is 7.58. The van der Waals surface area contributed by atoms with E-state index in [1.54, 1.807) is 18.3 Å². The van der Waals surface area contributed by atoms with Crippen LogP contribution in [0.2, 0.25) is 5.02 Å². The first kappa shape index (κ1) is 26.9. The van der Waals surface area contributed by atoms with E-state index in [0.29, 0.717) is 64.7 Å². The minimum absolute atomic E-state index is 0.239. The van der Waals surface area contributed by atoms with Crippen LogP contribution in [0.25, 0.3) is 21.9 Å². The highest BCUT2D eigenvalue weighted by molar-refractivity contribution is 6.35. The lowest BCUT2D eigenvalue weighted by molar-refractivity contribution is 0.0177. The molecule has 5 rings (SSSR count). The van der Waals surface area contributed by atoms with Gasteiger partial charge in [0.1, 0.15) is 23.4 Å². The third-order valence-corrected chi connectivity index (χ3v) is 7.10. The van der Waals surface area contributed by atoms with E-state index in [2.05, 4.69) is 15.3 Å². The van der Waals surface area contributed by atoms with Crippen LogP contribution in [0.15, 0.2) is 47.3 Å². The fraction of sp³-hybridized carbons (Fsp3) is 0.414. The van der Waals surface area contributed by atoms with Gasteiger partial charge >= 0.3 is 6.09 Å². The number of fused-ring (bicyclic) bond motifs is 2. The number of hydrogen-bond donors (Lipinski definition) is 1. The van der Waals surface area contributed by atoms with Crippen molar-refractivity contribution in [2.75, 3.05) is 32.1 Å². The zero-order valence-electron chi connectivity index (χ0n) is 22.6. The van der Waals surface area contributed by atoms with Gasteiger partial charge in [-0.1, -0.05) is 11.6 Å². The standard InChI is InChI=1S/C29H33ClN4O5/c1-29(2,3)39-28(35)34-11-7-18(8-12-34)9-13-37-24-16-22-20(15-23(24)36-4)27(32-17-31-22)33-25-21(30)6-5-19-10-14-38-26(19)25/h5-6,10,14-18H,7-9,11-13H2,1-4H3,(H,31,32,33). The van der Waals surface area contributed by atoms with Crippen LogP contribution in [-0.2, 0) is 4.74 Å². The second kappa shape index (κ2) is 11.2. The van der Waals surface area contributed by atoms with E-state index in [4.69, 9.17) is 30.2 Å². The Labute approximate surface area is 232 Å². The van der Waals surface area contributed by atoms with Gasteiger partial charge in [-0.2, -0.15) is 0 Å². The number of ether oxygens (including phenoxy) is 3. The Hall–Kier alpha value is -3.72. The number of anilines is 2. The Morgan fingerprint density at radius 2 is 1.95 bits per heavy atom. The van der Waals surface area contributed by atoms with Gasteiger partial charge in [0.15, 0.2) is 17.1 Å². The minimum atomic E-state index is -0.483. The number of methoxy groups -OCH3 is 1. The number of nitrogens with zero attached hydrogens (tertiary/aromatic N) is 3. The normalized spacial score (nSPS) is 14.5. The van der Waals surface area contributed by atoms with Crippen molar-refractivity contribution in [2.45, 2.75) is 45.6 Å². The van der Waals surface area contributed by atoms with E-state index >= 15 is 0 Å². The second-order valence-electron chi connectivity index (χ2n) is 10.7. The van der Waals surface area contributed by atoms with Crippen molar-refractivity contribution in [1.82, 2.24) is 14.9 Å². The molecule has 1 N–H and O–H groups in total. The summed E-state index contributed by atoms with van der Waals surface area (Å²) in [6.07, 6.45) is 5.61. The number of carbonyl (C=O) groups is 1. The van der Waals surface area contributed by atoms with Crippen LogP contribution in [0.5, 0.6) is 11.5 Å². The predicted molar refractivity (Wildman–Crippen MR) is 151 cm³/mol. The van der Waals surface area contributed by atoms with Gasteiger partial charge in [-0.05, 0) is 70.2 Å². The summed E-state index contributed by atoms with van der Waals surface area (Å²) < 4.78 is 23.0. The zero-order valence-corrected chi connectivity index (χ0v) is 23.4. The summed E-state index contributed by atoms with van der Waals surface area (Å²) in [5.41, 5.74) is 1.51. The molecule has 0 spiro atoms. The Bertz CT molecular complexity index is 1470. The highest BCUT2D eigenvalue weighted by Crippen LogP contribution is 2.38. The molecular formula is C29H33ClN4O5. The van der Waals surface area contributed by atoms with Crippen LogP contribution in [-0.4, -0.2) is 53.4 Å². The van der Waals surface area contributed by atoms with Gasteiger partial charge in [0.05, 0.1) is 30.5 Å². The maximum absolute atomic E-state index is 12.3. The monoisotopic (exact) mass is 552 g/mol. The number of aromatic nitrogens is 2. The molecular weight excluding hydrogens is 520 g/mol. The molecule has 4 aromatic rings. The molecule has 1 saturated heterocycles. The lowest BCUT2D eigenvalue weighted by Gasteiger charge is -2.33. The molecule has 0 radical (unpaired) electrons. The van der Waals surface area contributed by atoms with Gasteiger partial charge in [0, 0.05) is 29.9 Å². The summed E-state index contributed by atoms with van der Waals surface area (Å²) in [5, 5.41) is 5.53. The molecule has 10 heteroatoms. The smallest absolute Gasteiger partial charge is 0.410 e. The Morgan fingerprint density at radius 3 is 2.69 bits per heavy atom. The third kappa shape index (κ3) is 6.14. The molecule has 39 heavy (non-hydrogen) atoms. The SMILES string of the molecule is COc1cc2c(Nc3c(Cl)ccc4ccoc34)ncnc2cc1OCCC1CCN(C(=O)OC(C)(C)C)CC1. The maximum Gasteiger partial charge on any atom is 0.410 e. The average molecular weight is 553 g/mol. The molecule has 1 amide bonds. The van der Waals surface area contributed by atoms with Gasteiger partial charge in [-0.3, -0.25) is 0 Å². The number of benzene rings is 2. The molecule has 206 valence electrons. The number of piperidine rings is 1. The second-order valence-corrected chi connectivity index (χ2v) is 11.1. The topological polar surface area (TPSA) is 99.0 Å². The molecule has 1 fully saturated rings. The fourth-order valence-corrected chi connectivity index (χ4v) is 4.94. The van der Waals surface area contributed by atoms with E-state index in [0.717, 1.165) is 30.0 Å². The summed E-state index contributed by atoms with van der Waals surface area (Å²) in [7, 11) is 1.61. The molecule has 2 aromatic heterocycles. The van der Waals surface area contributed by atoms with Crippen molar-refractivity contribution in [3.8, 4) is 11.5 Å².